The highest BCUT2D eigenvalue weighted by Gasteiger charge is 2.36. The molecule has 0 bridgehead atoms. The lowest BCUT2D eigenvalue weighted by Gasteiger charge is -2.34. The Morgan fingerprint density at radius 1 is 1.12 bits per heavy atom. The summed E-state index contributed by atoms with van der Waals surface area (Å²) < 4.78 is 0. The molecule has 0 aliphatic heterocycles. The van der Waals surface area contributed by atoms with Crippen molar-refractivity contribution < 1.29 is 19.6 Å². The minimum absolute atomic E-state index is 0.0902. The van der Waals surface area contributed by atoms with Crippen LogP contribution in [-0.4, -0.2) is 46.6 Å². The SMILES string of the molecule is CCCCC(CN(O)C=O)C(=O)N[C@H](C(=O)NC(C)(C)C)C(C)(C)C. The van der Waals surface area contributed by atoms with Crippen LogP contribution in [0.5, 0.6) is 0 Å². The summed E-state index contributed by atoms with van der Waals surface area (Å²) in [5, 5.41) is 15.6. The molecule has 0 saturated heterocycles. The molecule has 146 valence electrons. The summed E-state index contributed by atoms with van der Waals surface area (Å²) in [5.41, 5.74) is -0.893. The van der Waals surface area contributed by atoms with Crippen molar-refractivity contribution in [2.45, 2.75) is 79.3 Å². The van der Waals surface area contributed by atoms with Crippen LogP contribution in [0.2, 0.25) is 0 Å². The van der Waals surface area contributed by atoms with Crippen molar-refractivity contribution in [2.24, 2.45) is 11.3 Å². The summed E-state index contributed by atoms with van der Waals surface area (Å²) >= 11 is 0. The first-order valence-electron chi connectivity index (χ1n) is 8.85. The van der Waals surface area contributed by atoms with Gasteiger partial charge in [-0.3, -0.25) is 19.6 Å². The summed E-state index contributed by atoms with van der Waals surface area (Å²) in [7, 11) is 0. The smallest absolute Gasteiger partial charge is 0.243 e. The van der Waals surface area contributed by atoms with Gasteiger partial charge >= 0.3 is 0 Å². The zero-order valence-electron chi connectivity index (χ0n) is 16.7. The van der Waals surface area contributed by atoms with Gasteiger partial charge in [-0.25, -0.2) is 5.06 Å². The standard InChI is InChI=1S/C18H35N3O4/c1-8-9-10-13(11-21(25)12-22)15(23)19-14(17(2,3)4)16(24)20-18(5,6)7/h12-14,25H,8-11H2,1-7H3,(H,19,23)(H,20,24)/t13?,14-/m1/s1. The summed E-state index contributed by atoms with van der Waals surface area (Å²) in [6.07, 6.45) is 2.49. The Kier molecular flexibility index (Phi) is 9.11. The lowest BCUT2D eigenvalue weighted by atomic mass is 9.85. The third kappa shape index (κ3) is 9.43. The van der Waals surface area contributed by atoms with Crippen LogP contribution in [0.25, 0.3) is 0 Å². The molecule has 3 N–H and O–H groups in total. The zero-order chi connectivity index (χ0) is 19.8. The molecule has 0 spiro atoms. The highest BCUT2D eigenvalue weighted by molar-refractivity contribution is 5.89. The van der Waals surface area contributed by atoms with E-state index in [9.17, 15) is 19.6 Å². The first-order chi connectivity index (χ1) is 11.3. The van der Waals surface area contributed by atoms with E-state index in [1.165, 1.54) is 0 Å². The summed E-state index contributed by atoms with van der Waals surface area (Å²) in [6.45, 7) is 13.2. The van der Waals surface area contributed by atoms with Crippen molar-refractivity contribution >= 4 is 18.2 Å². The molecule has 0 aromatic heterocycles. The molecule has 3 amide bonds. The molecule has 0 heterocycles. The molecule has 0 fully saturated rings. The van der Waals surface area contributed by atoms with Crippen LogP contribution in [-0.2, 0) is 14.4 Å². The highest BCUT2D eigenvalue weighted by Crippen LogP contribution is 2.21. The van der Waals surface area contributed by atoms with Crippen molar-refractivity contribution in [3.63, 3.8) is 0 Å². The van der Waals surface area contributed by atoms with Crippen LogP contribution >= 0.6 is 0 Å². The van der Waals surface area contributed by atoms with E-state index in [-0.39, 0.29) is 24.8 Å². The predicted octanol–water partition coefficient (Wildman–Crippen LogP) is 2.09. The lowest BCUT2D eigenvalue weighted by molar-refractivity contribution is -0.155. The van der Waals surface area contributed by atoms with Gasteiger partial charge in [-0.2, -0.15) is 0 Å². The van der Waals surface area contributed by atoms with E-state index in [0.717, 1.165) is 12.8 Å². The topological polar surface area (TPSA) is 98.7 Å². The van der Waals surface area contributed by atoms with Crippen molar-refractivity contribution in [1.82, 2.24) is 15.7 Å². The van der Waals surface area contributed by atoms with E-state index in [1.807, 2.05) is 48.5 Å². The van der Waals surface area contributed by atoms with Crippen LogP contribution in [0.4, 0.5) is 0 Å². The maximum atomic E-state index is 12.7. The molecule has 0 rings (SSSR count). The molecular weight excluding hydrogens is 322 g/mol. The van der Waals surface area contributed by atoms with E-state index >= 15 is 0 Å². The van der Waals surface area contributed by atoms with Crippen LogP contribution < -0.4 is 10.6 Å². The first-order valence-corrected chi connectivity index (χ1v) is 8.85. The van der Waals surface area contributed by atoms with Crippen LogP contribution in [0.3, 0.4) is 0 Å². The number of carbonyl (C=O) groups excluding carboxylic acids is 3. The molecule has 2 atom stereocenters. The Hall–Kier alpha value is -1.63. The van der Waals surface area contributed by atoms with Gasteiger partial charge in [-0.05, 0) is 32.6 Å². The fourth-order valence-corrected chi connectivity index (χ4v) is 2.40. The zero-order valence-corrected chi connectivity index (χ0v) is 16.7. The average molecular weight is 357 g/mol. The molecule has 7 nitrogen and oxygen atoms in total. The number of hydrogen-bond donors (Lipinski definition) is 3. The summed E-state index contributed by atoms with van der Waals surface area (Å²) in [5.74, 6) is -1.15. The largest absolute Gasteiger partial charge is 0.350 e. The van der Waals surface area contributed by atoms with Crippen molar-refractivity contribution in [1.29, 1.82) is 0 Å². The van der Waals surface area contributed by atoms with Gasteiger partial charge in [0, 0.05) is 5.54 Å². The maximum Gasteiger partial charge on any atom is 0.243 e. The van der Waals surface area contributed by atoms with E-state index in [2.05, 4.69) is 10.6 Å². The molecule has 0 aliphatic carbocycles. The van der Waals surface area contributed by atoms with Crippen molar-refractivity contribution in [3.05, 3.63) is 0 Å². The molecule has 25 heavy (non-hydrogen) atoms. The van der Waals surface area contributed by atoms with Crippen LogP contribution in [0.15, 0.2) is 0 Å². The van der Waals surface area contributed by atoms with Gasteiger partial charge < -0.3 is 10.6 Å². The number of unbranched alkanes of at least 4 members (excludes halogenated alkanes) is 1. The second kappa shape index (κ2) is 9.75. The quantitative estimate of drug-likeness (QED) is 0.334. The molecule has 0 aromatic carbocycles. The Bertz CT molecular complexity index is 452. The summed E-state index contributed by atoms with van der Waals surface area (Å²) in [4.78, 5) is 36.0. The Balaban J connectivity index is 5.24. The van der Waals surface area contributed by atoms with E-state index < -0.39 is 22.9 Å². The number of nitrogens with one attached hydrogen (secondary N) is 2. The summed E-state index contributed by atoms with van der Waals surface area (Å²) in [6, 6.07) is -0.716. The van der Waals surface area contributed by atoms with Gasteiger partial charge in [-0.15, -0.1) is 0 Å². The third-order valence-corrected chi connectivity index (χ3v) is 3.72. The van der Waals surface area contributed by atoms with Crippen molar-refractivity contribution in [2.75, 3.05) is 6.54 Å². The van der Waals surface area contributed by atoms with E-state index in [1.54, 1.807) is 0 Å². The monoisotopic (exact) mass is 357 g/mol. The van der Waals surface area contributed by atoms with Crippen LogP contribution in [0.1, 0.15) is 67.7 Å². The minimum Gasteiger partial charge on any atom is -0.350 e. The molecular formula is C18H35N3O4. The Labute approximate surface area is 151 Å². The number of carbonyl (C=O) groups is 3. The number of hydroxylamine groups is 2. The normalized spacial score (nSPS) is 14.4. The number of nitrogens with zero attached hydrogens (tertiary/aromatic N) is 1. The fraction of sp³-hybridized carbons (Fsp3) is 0.833. The number of amides is 3. The minimum atomic E-state index is -0.716. The highest BCUT2D eigenvalue weighted by atomic mass is 16.5. The third-order valence-electron chi connectivity index (χ3n) is 3.72. The molecule has 0 aromatic rings. The predicted molar refractivity (Wildman–Crippen MR) is 96.9 cm³/mol. The van der Waals surface area contributed by atoms with Gasteiger partial charge in [0.25, 0.3) is 0 Å². The van der Waals surface area contributed by atoms with Gasteiger partial charge in [0.2, 0.25) is 18.2 Å². The molecule has 0 radical (unpaired) electrons. The molecule has 0 aliphatic rings. The maximum absolute atomic E-state index is 12.7. The molecule has 7 heteroatoms. The average Bonchev–Trinajstić information content (AvgIpc) is 2.45. The van der Waals surface area contributed by atoms with E-state index in [0.29, 0.717) is 11.5 Å². The molecule has 0 saturated carbocycles. The molecule has 1 unspecified atom stereocenters. The second-order valence-corrected chi connectivity index (χ2v) is 8.61. The Morgan fingerprint density at radius 3 is 2.08 bits per heavy atom. The van der Waals surface area contributed by atoms with Crippen molar-refractivity contribution in [3.8, 4) is 0 Å². The fourth-order valence-electron chi connectivity index (χ4n) is 2.40. The van der Waals surface area contributed by atoms with Gasteiger partial charge in [0.05, 0.1) is 12.5 Å². The number of hydrogen-bond acceptors (Lipinski definition) is 4. The number of rotatable bonds is 9. The van der Waals surface area contributed by atoms with Gasteiger partial charge in [0.1, 0.15) is 6.04 Å². The van der Waals surface area contributed by atoms with Gasteiger partial charge in [0.15, 0.2) is 0 Å². The lowest BCUT2D eigenvalue weighted by Crippen LogP contribution is -2.58. The Morgan fingerprint density at radius 2 is 1.68 bits per heavy atom. The van der Waals surface area contributed by atoms with E-state index in [4.69, 9.17) is 0 Å². The second-order valence-electron chi connectivity index (χ2n) is 8.61. The first kappa shape index (κ1) is 23.4. The van der Waals surface area contributed by atoms with Crippen LogP contribution in [0, 0.1) is 11.3 Å². The van der Waals surface area contributed by atoms with Gasteiger partial charge in [-0.1, -0.05) is 40.5 Å².